The molecule has 3 aromatic carbocycles. The van der Waals surface area contributed by atoms with E-state index in [9.17, 15) is 4.89 Å². The van der Waals surface area contributed by atoms with Gasteiger partial charge in [0.1, 0.15) is 0 Å². The van der Waals surface area contributed by atoms with Crippen LogP contribution < -0.4 is 10.6 Å². The Labute approximate surface area is 164 Å². The van der Waals surface area contributed by atoms with Crippen molar-refractivity contribution in [2.45, 2.75) is 0 Å². The van der Waals surface area contributed by atoms with Gasteiger partial charge < -0.3 is 4.89 Å². The number of rotatable bonds is 2. The molecule has 0 aliphatic rings. The monoisotopic (exact) mass is 454 g/mol. The van der Waals surface area contributed by atoms with Gasteiger partial charge in [-0.3, -0.25) is 0 Å². The summed E-state index contributed by atoms with van der Waals surface area (Å²) in [6.07, 6.45) is 0. The first-order chi connectivity index (χ1) is 9.88. The topological polar surface area (TPSA) is 20.2 Å². The van der Waals surface area contributed by atoms with Crippen molar-refractivity contribution < 1.29 is 24.4 Å². The minimum absolute atomic E-state index is 0. The van der Waals surface area contributed by atoms with Crippen LogP contribution in [0.3, 0.4) is 0 Å². The van der Waals surface area contributed by atoms with Gasteiger partial charge in [-0.05, 0) is 0 Å². The molecule has 124 valence electrons. The normalized spacial score (nSPS) is 8.43. The van der Waals surface area contributed by atoms with Crippen LogP contribution in [0.4, 0.5) is 0 Å². The van der Waals surface area contributed by atoms with Crippen LogP contribution in [0, 0.1) is 0 Å². The van der Waals surface area contributed by atoms with Gasteiger partial charge in [-0.2, -0.15) is 0 Å². The Morgan fingerprint density at radius 2 is 0.696 bits per heavy atom. The van der Waals surface area contributed by atoms with E-state index in [1.165, 1.54) is 0 Å². The maximum absolute atomic E-state index is 10.1. The van der Waals surface area contributed by atoms with E-state index in [2.05, 4.69) is 0 Å². The summed E-state index contributed by atoms with van der Waals surface area (Å²) >= 11 is 0. The second kappa shape index (κ2) is 14.8. The van der Waals surface area contributed by atoms with Crippen LogP contribution in [-0.4, -0.2) is 4.89 Å². The molecule has 1 nitrogen and oxygen atoms in total. The van der Waals surface area contributed by atoms with Crippen LogP contribution in [-0.2, 0) is 19.5 Å². The van der Waals surface area contributed by atoms with Crippen LogP contribution in [0.25, 0.3) is 0 Å². The molecule has 0 unspecified atom stereocenters. The van der Waals surface area contributed by atoms with Crippen molar-refractivity contribution in [3.63, 3.8) is 0 Å². The van der Waals surface area contributed by atoms with E-state index in [1.54, 1.807) is 0 Å². The third-order valence-electron chi connectivity index (χ3n) is 2.67. The summed E-state index contributed by atoms with van der Waals surface area (Å²) < 4.78 is 0. The molecule has 0 spiro atoms. The zero-order valence-corrected chi connectivity index (χ0v) is 16.6. The molecular weight excluding hydrogens is 435 g/mol. The Bertz CT molecular complexity index is 531. The minimum atomic E-state index is -1.17. The summed E-state index contributed by atoms with van der Waals surface area (Å²) in [6, 6.07) is 31.5. The summed E-state index contributed by atoms with van der Waals surface area (Å²) in [5.41, 5.74) is 0. The molecule has 0 radical (unpaired) electrons. The molecular formula is C18H19Cl2OPRu. The Kier molecular flexibility index (Phi) is 15.8. The van der Waals surface area contributed by atoms with Crippen molar-refractivity contribution in [2.24, 2.45) is 0 Å². The van der Waals surface area contributed by atoms with Crippen LogP contribution in [0.2, 0.25) is 0 Å². The zero-order valence-electron chi connectivity index (χ0n) is 12.3. The van der Waals surface area contributed by atoms with E-state index >= 15 is 0 Å². The Morgan fingerprint density at radius 1 is 0.478 bits per heavy atom. The van der Waals surface area contributed by atoms with Crippen molar-refractivity contribution in [1.29, 1.82) is 0 Å². The Balaban J connectivity index is 0. The third-order valence-corrected chi connectivity index (χ3v) is 4.24. The molecule has 0 heterocycles. The van der Waals surface area contributed by atoms with Crippen molar-refractivity contribution in [3.05, 3.63) is 97.1 Å². The first-order valence-electron chi connectivity index (χ1n) is 6.47. The van der Waals surface area contributed by atoms with Gasteiger partial charge in [-0.1, -0.05) is 97.1 Å². The molecule has 0 bridgehead atoms. The van der Waals surface area contributed by atoms with Gasteiger partial charge >= 0.3 is 0 Å². The SMILES string of the molecule is Cl.Cl.OP(c1ccccc1)c1ccccc1.[Ru].c1ccccc1. The van der Waals surface area contributed by atoms with Gasteiger partial charge in [-0.25, -0.2) is 0 Å². The predicted molar refractivity (Wildman–Crippen MR) is 102 cm³/mol. The number of halogens is 2. The van der Waals surface area contributed by atoms with Crippen molar-refractivity contribution in [2.75, 3.05) is 0 Å². The number of benzene rings is 3. The Hall–Kier alpha value is -0.747. The van der Waals surface area contributed by atoms with Crippen molar-refractivity contribution in [1.82, 2.24) is 0 Å². The maximum Gasteiger partial charge on any atom is 0.0877 e. The van der Waals surface area contributed by atoms with E-state index in [0.717, 1.165) is 10.6 Å². The first kappa shape index (κ1) is 24.5. The molecule has 0 aliphatic carbocycles. The average Bonchev–Trinajstić information content (AvgIpc) is 2.58. The van der Waals surface area contributed by atoms with Gasteiger partial charge in [0.25, 0.3) is 0 Å². The summed E-state index contributed by atoms with van der Waals surface area (Å²) in [5.74, 6) is 0. The van der Waals surface area contributed by atoms with Gasteiger partial charge in [0.15, 0.2) is 0 Å². The second-order valence-electron chi connectivity index (χ2n) is 4.14. The van der Waals surface area contributed by atoms with Crippen molar-refractivity contribution >= 4 is 43.6 Å². The molecule has 3 aromatic rings. The van der Waals surface area contributed by atoms with Crippen LogP contribution >= 0.6 is 33.0 Å². The average molecular weight is 454 g/mol. The summed E-state index contributed by atoms with van der Waals surface area (Å²) in [5, 5.41) is 1.99. The summed E-state index contributed by atoms with van der Waals surface area (Å²) in [6.45, 7) is 0. The fraction of sp³-hybridized carbons (Fsp3) is 0. The fourth-order valence-corrected chi connectivity index (χ4v) is 2.88. The largest absolute Gasteiger partial charge is 0.364 e. The second-order valence-corrected chi connectivity index (χ2v) is 5.79. The van der Waals surface area contributed by atoms with Gasteiger partial charge in [0.05, 0.1) is 8.15 Å². The van der Waals surface area contributed by atoms with Crippen LogP contribution in [0.1, 0.15) is 0 Å². The van der Waals surface area contributed by atoms with Gasteiger partial charge in [-0.15, -0.1) is 24.8 Å². The molecule has 1 N–H and O–H groups in total. The molecule has 5 heteroatoms. The maximum atomic E-state index is 10.1. The van der Waals surface area contributed by atoms with E-state index < -0.39 is 8.15 Å². The number of hydrogen-bond donors (Lipinski definition) is 1. The smallest absolute Gasteiger partial charge is 0.0877 e. The Morgan fingerprint density at radius 3 is 0.957 bits per heavy atom. The number of hydrogen-bond acceptors (Lipinski definition) is 1. The first-order valence-corrected chi connectivity index (χ1v) is 7.76. The molecule has 0 saturated heterocycles. The van der Waals surface area contributed by atoms with Crippen molar-refractivity contribution in [3.8, 4) is 0 Å². The zero-order chi connectivity index (χ0) is 14.0. The minimum Gasteiger partial charge on any atom is -0.364 e. The molecule has 0 saturated carbocycles. The standard InChI is InChI=1S/C12H11OP.C6H6.2ClH.Ru/c13-14(11-7-3-1-4-8-11)12-9-5-2-6-10-12;1-2-4-6-5-3-1;;;/h1-10,13H;1-6H;2*1H;. The predicted octanol–water partition coefficient (Wildman–Crippen LogP) is 4.55. The molecule has 0 aliphatic heterocycles. The molecule has 0 atom stereocenters. The van der Waals surface area contributed by atoms with E-state index in [-0.39, 0.29) is 44.3 Å². The van der Waals surface area contributed by atoms with E-state index in [4.69, 9.17) is 0 Å². The fourth-order valence-electron chi connectivity index (χ4n) is 1.67. The molecule has 0 fully saturated rings. The summed E-state index contributed by atoms with van der Waals surface area (Å²) in [4.78, 5) is 10.1. The van der Waals surface area contributed by atoms with Crippen LogP contribution in [0.15, 0.2) is 97.1 Å². The van der Waals surface area contributed by atoms with Gasteiger partial charge in [0, 0.05) is 30.1 Å². The molecule has 0 aromatic heterocycles. The summed E-state index contributed by atoms with van der Waals surface area (Å²) in [7, 11) is -1.17. The molecule has 3 rings (SSSR count). The third kappa shape index (κ3) is 9.21. The molecule has 23 heavy (non-hydrogen) atoms. The van der Waals surface area contributed by atoms with E-state index in [1.807, 2.05) is 97.1 Å². The van der Waals surface area contributed by atoms with Crippen LogP contribution in [0.5, 0.6) is 0 Å². The van der Waals surface area contributed by atoms with E-state index in [0.29, 0.717) is 0 Å². The quantitative estimate of drug-likeness (QED) is 0.445. The van der Waals surface area contributed by atoms with Gasteiger partial charge in [0.2, 0.25) is 0 Å². The molecule has 0 amide bonds.